The number of nitrogens with two attached hydrogens (primary N) is 1. The lowest BCUT2D eigenvalue weighted by Gasteiger charge is -2.37. The van der Waals surface area contributed by atoms with Gasteiger partial charge in [0, 0.05) is 12.6 Å². The van der Waals surface area contributed by atoms with Gasteiger partial charge in [0.15, 0.2) is 0 Å². The summed E-state index contributed by atoms with van der Waals surface area (Å²) < 4.78 is 0. The monoisotopic (exact) mass is 268 g/mol. The number of hydrogen-bond donors (Lipinski definition) is 1. The third-order valence-electron chi connectivity index (χ3n) is 4.66. The Balaban J connectivity index is 2.79. The molecular weight excluding hydrogens is 236 g/mol. The standard InChI is InChI=1S/C16H32N2O/c1-5-16(17,6-2)15(19)18(12-11-13(3)4)14-9-7-8-10-14/h13-14H,5-12,17H2,1-4H3. The van der Waals surface area contributed by atoms with Crippen LogP contribution in [-0.4, -0.2) is 28.9 Å². The highest BCUT2D eigenvalue weighted by Gasteiger charge is 2.37. The van der Waals surface area contributed by atoms with Gasteiger partial charge in [-0.25, -0.2) is 0 Å². The summed E-state index contributed by atoms with van der Waals surface area (Å²) >= 11 is 0. The molecule has 19 heavy (non-hydrogen) atoms. The Morgan fingerprint density at radius 1 is 1.26 bits per heavy atom. The Bertz CT molecular complexity index is 278. The number of carbonyl (C=O) groups excluding carboxylic acids is 1. The van der Waals surface area contributed by atoms with Crippen molar-refractivity contribution in [1.29, 1.82) is 0 Å². The number of rotatable bonds is 7. The molecule has 2 N–H and O–H groups in total. The van der Waals surface area contributed by atoms with Gasteiger partial charge in [-0.1, -0.05) is 40.5 Å². The van der Waals surface area contributed by atoms with Crippen molar-refractivity contribution in [2.45, 2.75) is 84.2 Å². The molecular formula is C16H32N2O. The minimum absolute atomic E-state index is 0.185. The summed E-state index contributed by atoms with van der Waals surface area (Å²) in [6.07, 6.45) is 7.37. The minimum Gasteiger partial charge on any atom is -0.338 e. The fourth-order valence-corrected chi connectivity index (χ4v) is 2.90. The zero-order chi connectivity index (χ0) is 14.5. The first kappa shape index (κ1) is 16.5. The van der Waals surface area contributed by atoms with Crippen LogP contribution in [0, 0.1) is 5.92 Å². The highest BCUT2D eigenvalue weighted by atomic mass is 16.2. The predicted octanol–water partition coefficient (Wildman–Crippen LogP) is 3.32. The van der Waals surface area contributed by atoms with Crippen molar-refractivity contribution in [2.75, 3.05) is 6.54 Å². The minimum atomic E-state index is -0.653. The molecule has 1 amide bonds. The van der Waals surface area contributed by atoms with Gasteiger partial charge < -0.3 is 10.6 Å². The maximum Gasteiger partial charge on any atom is 0.242 e. The molecule has 0 aromatic heterocycles. The van der Waals surface area contributed by atoms with Crippen molar-refractivity contribution in [3.8, 4) is 0 Å². The normalized spacial score (nSPS) is 17.2. The van der Waals surface area contributed by atoms with E-state index in [1.807, 2.05) is 13.8 Å². The fraction of sp³-hybridized carbons (Fsp3) is 0.938. The molecule has 1 aliphatic rings. The number of nitrogens with zero attached hydrogens (tertiary/aromatic N) is 1. The Morgan fingerprint density at radius 2 is 1.79 bits per heavy atom. The van der Waals surface area contributed by atoms with Crippen LogP contribution in [0.4, 0.5) is 0 Å². The number of hydrogen-bond acceptors (Lipinski definition) is 2. The predicted molar refractivity (Wildman–Crippen MR) is 80.9 cm³/mol. The smallest absolute Gasteiger partial charge is 0.242 e. The van der Waals surface area contributed by atoms with Gasteiger partial charge in [-0.2, -0.15) is 0 Å². The van der Waals surface area contributed by atoms with Gasteiger partial charge >= 0.3 is 0 Å². The van der Waals surface area contributed by atoms with Crippen LogP contribution in [0.25, 0.3) is 0 Å². The molecule has 0 aromatic rings. The summed E-state index contributed by atoms with van der Waals surface area (Å²) in [5.74, 6) is 0.817. The highest BCUT2D eigenvalue weighted by Crippen LogP contribution is 2.27. The zero-order valence-corrected chi connectivity index (χ0v) is 13.2. The van der Waals surface area contributed by atoms with E-state index in [4.69, 9.17) is 5.73 Å². The average Bonchev–Trinajstić information content (AvgIpc) is 2.91. The number of carbonyl (C=O) groups is 1. The van der Waals surface area contributed by atoms with Crippen LogP contribution in [0.2, 0.25) is 0 Å². The zero-order valence-electron chi connectivity index (χ0n) is 13.2. The van der Waals surface area contributed by atoms with Crippen LogP contribution in [-0.2, 0) is 4.79 Å². The van der Waals surface area contributed by atoms with Gasteiger partial charge in [-0.3, -0.25) is 4.79 Å². The topological polar surface area (TPSA) is 46.3 Å². The molecule has 3 heteroatoms. The number of amides is 1. The summed E-state index contributed by atoms with van der Waals surface area (Å²) in [5.41, 5.74) is 5.67. The van der Waals surface area contributed by atoms with E-state index in [1.165, 1.54) is 12.8 Å². The van der Waals surface area contributed by atoms with E-state index in [2.05, 4.69) is 18.7 Å². The molecule has 0 unspecified atom stereocenters. The summed E-state index contributed by atoms with van der Waals surface area (Å²) in [6, 6.07) is 0.437. The third-order valence-corrected chi connectivity index (χ3v) is 4.66. The molecule has 1 aliphatic carbocycles. The lowest BCUT2D eigenvalue weighted by molar-refractivity contribution is -0.139. The second kappa shape index (κ2) is 7.28. The van der Waals surface area contributed by atoms with E-state index in [0.29, 0.717) is 12.0 Å². The molecule has 1 saturated carbocycles. The summed E-state index contributed by atoms with van der Waals surface area (Å²) in [4.78, 5) is 14.9. The van der Waals surface area contributed by atoms with Gasteiger partial charge in [-0.05, 0) is 38.0 Å². The summed E-state index contributed by atoms with van der Waals surface area (Å²) in [6.45, 7) is 9.35. The first-order chi connectivity index (χ1) is 8.94. The van der Waals surface area contributed by atoms with E-state index in [1.54, 1.807) is 0 Å². The fourth-order valence-electron chi connectivity index (χ4n) is 2.90. The van der Waals surface area contributed by atoms with Crippen molar-refractivity contribution >= 4 is 5.91 Å². The Hall–Kier alpha value is -0.570. The molecule has 0 saturated heterocycles. The molecule has 112 valence electrons. The lowest BCUT2D eigenvalue weighted by Crippen LogP contribution is -2.57. The largest absolute Gasteiger partial charge is 0.338 e. The summed E-state index contributed by atoms with van der Waals surface area (Å²) in [7, 11) is 0. The Labute approximate surface area is 118 Å². The first-order valence-corrected chi connectivity index (χ1v) is 8.04. The van der Waals surface area contributed by atoms with Crippen LogP contribution >= 0.6 is 0 Å². The second-order valence-electron chi connectivity index (χ2n) is 6.48. The van der Waals surface area contributed by atoms with Gasteiger partial charge in [0.25, 0.3) is 0 Å². The van der Waals surface area contributed by atoms with E-state index >= 15 is 0 Å². The maximum absolute atomic E-state index is 12.8. The Kier molecular flexibility index (Phi) is 6.31. The summed E-state index contributed by atoms with van der Waals surface area (Å²) in [5, 5.41) is 0. The second-order valence-corrected chi connectivity index (χ2v) is 6.48. The van der Waals surface area contributed by atoms with Crippen LogP contribution in [0.15, 0.2) is 0 Å². The van der Waals surface area contributed by atoms with E-state index in [-0.39, 0.29) is 5.91 Å². The lowest BCUT2D eigenvalue weighted by atomic mass is 9.91. The molecule has 0 aliphatic heterocycles. The molecule has 0 spiro atoms. The molecule has 0 heterocycles. The van der Waals surface area contributed by atoms with E-state index < -0.39 is 5.54 Å². The van der Waals surface area contributed by atoms with E-state index in [0.717, 1.165) is 38.6 Å². The SMILES string of the molecule is CCC(N)(CC)C(=O)N(CCC(C)C)C1CCCC1. The van der Waals surface area contributed by atoms with Crippen molar-refractivity contribution in [1.82, 2.24) is 4.90 Å². The Morgan fingerprint density at radius 3 is 2.21 bits per heavy atom. The van der Waals surface area contributed by atoms with Gasteiger partial charge in [0.2, 0.25) is 5.91 Å². The average molecular weight is 268 g/mol. The maximum atomic E-state index is 12.8. The van der Waals surface area contributed by atoms with Gasteiger partial charge in [-0.15, -0.1) is 0 Å². The van der Waals surface area contributed by atoms with Crippen molar-refractivity contribution < 1.29 is 4.79 Å². The highest BCUT2D eigenvalue weighted by molar-refractivity contribution is 5.86. The van der Waals surface area contributed by atoms with Gasteiger partial charge in [0.05, 0.1) is 5.54 Å². The van der Waals surface area contributed by atoms with Crippen molar-refractivity contribution in [3.05, 3.63) is 0 Å². The van der Waals surface area contributed by atoms with E-state index in [9.17, 15) is 4.79 Å². The van der Waals surface area contributed by atoms with Crippen LogP contribution in [0.1, 0.15) is 72.6 Å². The molecule has 0 atom stereocenters. The molecule has 1 fully saturated rings. The van der Waals surface area contributed by atoms with Crippen LogP contribution in [0.5, 0.6) is 0 Å². The molecule has 3 nitrogen and oxygen atoms in total. The van der Waals surface area contributed by atoms with Crippen molar-refractivity contribution in [3.63, 3.8) is 0 Å². The van der Waals surface area contributed by atoms with Crippen LogP contribution in [0.3, 0.4) is 0 Å². The molecule has 0 aromatic carbocycles. The van der Waals surface area contributed by atoms with Crippen LogP contribution < -0.4 is 5.73 Å². The molecule has 1 rings (SSSR count). The quantitative estimate of drug-likeness (QED) is 0.770. The first-order valence-electron chi connectivity index (χ1n) is 8.04. The third kappa shape index (κ3) is 4.20. The van der Waals surface area contributed by atoms with Crippen molar-refractivity contribution in [2.24, 2.45) is 11.7 Å². The van der Waals surface area contributed by atoms with Gasteiger partial charge in [0.1, 0.15) is 0 Å². The molecule has 0 radical (unpaired) electrons. The molecule has 0 bridgehead atoms.